The number of aryl methyl sites for hydroxylation is 2. The monoisotopic (exact) mass is 334 g/mol. The Labute approximate surface area is 132 Å². The van der Waals surface area contributed by atoms with Crippen molar-refractivity contribution < 1.29 is 8.42 Å². The molecule has 6 nitrogen and oxygen atoms in total. The molecule has 3 rings (SSSR count). The second-order valence-corrected chi connectivity index (χ2v) is 7.47. The Hall–Kier alpha value is -2.19. The van der Waals surface area contributed by atoms with Gasteiger partial charge in [0.15, 0.2) is 5.03 Å². The molecule has 0 unspecified atom stereocenters. The predicted octanol–water partition coefficient (Wildman–Crippen LogP) is 2.65. The van der Waals surface area contributed by atoms with E-state index >= 15 is 0 Å². The second-order valence-electron chi connectivity index (χ2n) is 4.78. The minimum Gasteiger partial charge on any atom is -0.339 e. The first-order chi connectivity index (χ1) is 10.5. The zero-order valence-corrected chi connectivity index (χ0v) is 13.6. The molecule has 1 N–H and O–H groups in total. The van der Waals surface area contributed by atoms with Gasteiger partial charge in [-0.15, -0.1) is 11.3 Å². The van der Waals surface area contributed by atoms with Gasteiger partial charge in [-0.3, -0.25) is 4.72 Å². The highest BCUT2D eigenvalue weighted by Gasteiger charge is 2.19. The Morgan fingerprint density at radius 3 is 2.68 bits per heavy atom. The van der Waals surface area contributed by atoms with Crippen LogP contribution in [0.1, 0.15) is 5.01 Å². The van der Waals surface area contributed by atoms with Crippen LogP contribution < -0.4 is 4.72 Å². The van der Waals surface area contributed by atoms with Crippen LogP contribution in [-0.2, 0) is 17.1 Å². The molecule has 1 aromatic carbocycles. The van der Waals surface area contributed by atoms with E-state index in [4.69, 9.17) is 0 Å². The topological polar surface area (TPSA) is 76.9 Å². The fourth-order valence-corrected chi connectivity index (χ4v) is 3.68. The number of hydrogen-bond donors (Lipinski definition) is 1. The van der Waals surface area contributed by atoms with Crippen LogP contribution in [0.15, 0.2) is 47.2 Å². The van der Waals surface area contributed by atoms with Gasteiger partial charge in [-0.05, 0) is 13.0 Å². The quantitative estimate of drug-likeness (QED) is 0.796. The van der Waals surface area contributed by atoms with Crippen molar-refractivity contribution >= 4 is 27.0 Å². The number of aromatic nitrogens is 3. The molecule has 0 aliphatic heterocycles. The fourth-order valence-electron chi connectivity index (χ4n) is 2.01. The number of para-hydroxylation sites is 1. The first kappa shape index (κ1) is 14.7. The number of thiazole rings is 1. The summed E-state index contributed by atoms with van der Waals surface area (Å²) in [6.45, 7) is 1.91. The Bertz CT molecular complexity index is 912. The van der Waals surface area contributed by atoms with E-state index in [9.17, 15) is 8.42 Å². The maximum absolute atomic E-state index is 12.4. The molecule has 0 spiro atoms. The first-order valence-electron chi connectivity index (χ1n) is 6.48. The summed E-state index contributed by atoms with van der Waals surface area (Å²) in [5.74, 6) is 0. The van der Waals surface area contributed by atoms with E-state index in [1.807, 2.05) is 24.4 Å². The number of nitrogens with zero attached hydrogens (tertiary/aromatic N) is 3. The standard InChI is InChI=1S/C14H14N4O2S2/c1-10-16-13(8-21-10)11-5-3-4-6-12(11)17-22(19,20)14-7-18(2)9-15-14/h3-9,17H,1-2H3. The van der Waals surface area contributed by atoms with Gasteiger partial charge in [0.25, 0.3) is 10.0 Å². The zero-order valence-electron chi connectivity index (χ0n) is 12.0. The lowest BCUT2D eigenvalue weighted by Gasteiger charge is -2.09. The van der Waals surface area contributed by atoms with Crippen LogP contribution in [0.4, 0.5) is 5.69 Å². The highest BCUT2D eigenvalue weighted by molar-refractivity contribution is 7.92. The van der Waals surface area contributed by atoms with E-state index in [1.165, 1.54) is 23.9 Å². The van der Waals surface area contributed by atoms with E-state index in [2.05, 4.69) is 14.7 Å². The number of imidazole rings is 1. The van der Waals surface area contributed by atoms with Gasteiger partial charge in [0.1, 0.15) is 0 Å². The van der Waals surface area contributed by atoms with Crippen molar-refractivity contribution in [3.05, 3.63) is 47.2 Å². The molecule has 2 aromatic heterocycles. The number of benzene rings is 1. The molecule has 2 heterocycles. The summed E-state index contributed by atoms with van der Waals surface area (Å²) in [6.07, 6.45) is 2.90. The number of nitrogens with one attached hydrogen (secondary N) is 1. The Morgan fingerprint density at radius 2 is 2.05 bits per heavy atom. The molecule has 0 saturated heterocycles. The summed E-state index contributed by atoms with van der Waals surface area (Å²) in [5, 5.41) is 2.82. The summed E-state index contributed by atoms with van der Waals surface area (Å²) in [6, 6.07) is 7.18. The van der Waals surface area contributed by atoms with Crippen LogP contribution in [0.3, 0.4) is 0 Å². The Kier molecular flexibility index (Phi) is 3.71. The molecule has 0 atom stereocenters. The van der Waals surface area contributed by atoms with Crippen LogP contribution in [-0.4, -0.2) is 23.0 Å². The number of rotatable bonds is 4. The average molecular weight is 334 g/mol. The molecule has 114 valence electrons. The maximum Gasteiger partial charge on any atom is 0.280 e. The summed E-state index contributed by atoms with van der Waals surface area (Å²) < 4.78 is 29.0. The van der Waals surface area contributed by atoms with Gasteiger partial charge >= 0.3 is 0 Å². The van der Waals surface area contributed by atoms with Crippen LogP contribution in [0.25, 0.3) is 11.3 Å². The van der Waals surface area contributed by atoms with Crippen molar-refractivity contribution in [3.63, 3.8) is 0 Å². The molecule has 8 heteroatoms. The summed E-state index contributed by atoms with van der Waals surface area (Å²) >= 11 is 1.52. The summed E-state index contributed by atoms with van der Waals surface area (Å²) in [4.78, 5) is 8.30. The highest BCUT2D eigenvalue weighted by Crippen LogP contribution is 2.30. The first-order valence-corrected chi connectivity index (χ1v) is 8.84. The Morgan fingerprint density at radius 1 is 1.27 bits per heavy atom. The second kappa shape index (κ2) is 5.54. The molecule has 3 aromatic rings. The van der Waals surface area contributed by atoms with Crippen molar-refractivity contribution in [2.45, 2.75) is 11.9 Å². The molecule has 22 heavy (non-hydrogen) atoms. The van der Waals surface area contributed by atoms with Gasteiger partial charge in [0, 0.05) is 24.2 Å². The minimum atomic E-state index is -3.72. The number of anilines is 1. The van der Waals surface area contributed by atoms with Crippen molar-refractivity contribution in [1.82, 2.24) is 14.5 Å². The third-order valence-electron chi connectivity index (χ3n) is 3.02. The molecule has 0 aliphatic rings. The van der Waals surface area contributed by atoms with Crippen LogP contribution in [0, 0.1) is 6.92 Å². The lowest BCUT2D eigenvalue weighted by molar-refractivity contribution is 0.598. The van der Waals surface area contributed by atoms with Crippen molar-refractivity contribution in [1.29, 1.82) is 0 Å². The molecule has 0 saturated carbocycles. The Balaban J connectivity index is 2.00. The zero-order chi connectivity index (χ0) is 15.7. The number of hydrogen-bond acceptors (Lipinski definition) is 5. The molecule has 0 fully saturated rings. The van der Waals surface area contributed by atoms with Crippen LogP contribution in [0.5, 0.6) is 0 Å². The molecule has 0 aliphatic carbocycles. The van der Waals surface area contributed by atoms with Gasteiger partial charge < -0.3 is 4.57 Å². The van der Waals surface area contributed by atoms with E-state index < -0.39 is 10.0 Å². The number of sulfonamides is 1. The summed E-state index contributed by atoms with van der Waals surface area (Å²) in [5.41, 5.74) is 1.98. The highest BCUT2D eigenvalue weighted by atomic mass is 32.2. The van der Waals surface area contributed by atoms with Crippen LogP contribution in [0.2, 0.25) is 0 Å². The van der Waals surface area contributed by atoms with Gasteiger partial charge in [-0.25, -0.2) is 9.97 Å². The lowest BCUT2D eigenvalue weighted by atomic mass is 10.1. The molecule has 0 radical (unpaired) electrons. The van der Waals surface area contributed by atoms with Gasteiger partial charge in [-0.2, -0.15) is 8.42 Å². The minimum absolute atomic E-state index is 0.0146. The lowest BCUT2D eigenvalue weighted by Crippen LogP contribution is -2.14. The largest absolute Gasteiger partial charge is 0.339 e. The normalized spacial score (nSPS) is 11.5. The van der Waals surface area contributed by atoms with E-state index in [0.717, 1.165) is 16.3 Å². The summed E-state index contributed by atoms with van der Waals surface area (Å²) in [7, 11) is -2.00. The smallest absolute Gasteiger partial charge is 0.280 e. The van der Waals surface area contributed by atoms with Crippen molar-refractivity contribution in [2.75, 3.05) is 4.72 Å². The van der Waals surface area contributed by atoms with Crippen molar-refractivity contribution in [3.8, 4) is 11.3 Å². The SMILES string of the molecule is Cc1nc(-c2ccccc2NS(=O)(=O)c2cn(C)cn2)cs1. The maximum atomic E-state index is 12.4. The van der Waals surface area contributed by atoms with E-state index in [-0.39, 0.29) is 5.03 Å². The van der Waals surface area contributed by atoms with Gasteiger partial charge in [0.2, 0.25) is 0 Å². The van der Waals surface area contributed by atoms with Gasteiger partial charge in [-0.1, -0.05) is 18.2 Å². The van der Waals surface area contributed by atoms with Crippen LogP contribution >= 0.6 is 11.3 Å². The third-order valence-corrected chi connectivity index (χ3v) is 5.05. The van der Waals surface area contributed by atoms with Crippen molar-refractivity contribution in [2.24, 2.45) is 7.05 Å². The third kappa shape index (κ3) is 2.88. The van der Waals surface area contributed by atoms with E-state index in [0.29, 0.717) is 5.69 Å². The van der Waals surface area contributed by atoms with Gasteiger partial charge in [0.05, 0.1) is 22.7 Å². The fraction of sp³-hybridized carbons (Fsp3) is 0.143. The molecule has 0 amide bonds. The van der Waals surface area contributed by atoms with E-state index in [1.54, 1.807) is 23.7 Å². The average Bonchev–Trinajstić information content (AvgIpc) is 3.08. The predicted molar refractivity (Wildman–Crippen MR) is 86.3 cm³/mol. The molecular formula is C14H14N4O2S2. The molecular weight excluding hydrogens is 320 g/mol. The molecule has 0 bridgehead atoms.